The second-order valence-corrected chi connectivity index (χ2v) is 9.16. The monoisotopic (exact) mass is 456 g/mol. The van der Waals surface area contributed by atoms with E-state index in [1.54, 1.807) is 43.3 Å². The molecule has 0 aliphatic carbocycles. The number of rotatable bonds is 9. The fourth-order valence-corrected chi connectivity index (χ4v) is 4.66. The van der Waals surface area contributed by atoms with Crippen LogP contribution in [0.3, 0.4) is 0 Å². The summed E-state index contributed by atoms with van der Waals surface area (Å²) in [6.07, 6.45) is 0.176. The highest BCUT2D eigenvalue weighted by Crippen LogP contribution is 2.27. The topological polar surface area (TPSA) is 102 Å². The zero-order valence-corrected chi connectivity index (χ0v) is 18.3. The summed E-state index contributed by atoms with van der Waals surface area (Å²) >= 11 is 7.32. The number of thioether (sulfide) groups is 1. The summed E-state index contributed by atoms with van der Waals surface area (Å²) < 4.78 is 32.6. The highest BCUT2D eigenvalue weighted by atomic mass is 35.5. The predicted molar refractivity (Wildman–Crippen MR) is 116 cm³/mol. The summed E-state index contributed by atoms with van der Waals surface area (Å²) in [4.78, 5) is 23.2. The largest absolute Gasteiger partial charge is 0.468 e. The normalized spacial score (nSPS) is 11.0. The summed E-state index contributed by atoms with van der Waals surface area (Å²) in [5.41, 5.74) is 1.15. The van der Waals surface area contributed by atoms with Gasteiger partial charge in [-0.05, 0) is 36.8 Å². The molecule has 0 heterocycles. The van der Waals surface area contributed by atoms with Crippen LogP contribution in [-0.2, 0) is 24.3 Å². The van der Waals surface area contributed by atoms with Gasteiger partial charge in [0.2, 0.25) is 5.91 Å². The number of amides is 1. The minimum absolute atomic E-state index is 0.0373. The van der Waals surface area contributed by atoms with Crippen LogP contribution in [0.2, 0.25) is 5.02 Å². The van der Waals surface area contributed by atoms with Crippen LogP contribution in [0.1, 0.15) is 12.0 Å². The number of anilines is 2. The quantitative estimate of drug-likeness (QED) is 0.441. The first-order valence-electron chi connectivity index (χ1n) is 8.55. The maximum Gasteiger partial charge on any atom is 0.315 e. The zero-order valence-electron chi connectivity index (χ0n) is 15.9. The number of hydrogen-bond donors (Lipinski definition) is 2. The van der Waals surface area contributed by atoms with Crippen LogP contribution in [0.15, 0.2) is 47.4 Å². The van der Waals surface area contributed by atoms with Crippen molar-refractivity contribution in [1.29, 1.82) is 0 Å². The van der Waals surface area contributed by atoms with Crippen molar-refractivity contribution in [2.75, 3.05) is 28.7 Å². The molecule has 156 valence electrons. The fourth-order valence-electron chi connectivity index (χ4n) is 2.31. The van der Waals surface area contributed by atoms with Gasteiger partial charge in [-0.1, -0.05) is 29.8 Å². The Morgan fingerprint density at radius 2 is 1.90 bits per heavy atom. The van der Waals surface area contributed by atoms with Gasteiger partial charge in [0.15, 0.2) is 0 Å². The van der Waals surface area contributed by atoms with Crippen LogP contribution in [-0.4, -0.2) is 38.9 Å². The number of esters is 1. The average molecular weight is 457 g/mol. The Bertz CT molecular complexity index is 996. The highest BCUT2D eigenvalue weighted by molar-refractivity contribution is 7.99. The SMILES string of the molecule is COC(=O)CSCCC(=O)Nc1ccc(C)c(S(=O)(=O)Nc2ccccc2Cl)c1. The van der Waals surface area contributed by atoms with Crippen LogP contribution >= 0.6 is 23.4 Å². The lowest BCUT2D eigenvalue weighted by molar-refractivity contribution is -0.137. The van der Waals surface area contributed by atoms with Gasteiger partial charge in [0.25, 0.3) is 10.0 Å². The summed E-state index contributed by atoms with van der Waals surface area (Å²) in [5.74, 6) is -0.0281. The molecular formula is C19H21ClN2O5S2. The molecule has 7 nitrogen and oxygen atoms in total. The molecule has 0 radical (unpaired) electrons. The molecule has 0 atom stereocenters. The van der Waals surface area contributed by atoms with Gasteiger partial charge in [0.05, 0.1) is 28.5 Å². The summed E-state index contributed by atoms with van der Waals surface area (Å²) in [5, 5.41) is 2.95. The number of methoxy groups -OCH3 is 1. The van der Waals surface area contributed by atoms with Crippen molar-refractivity contribution < 1.29 is 22.7 Å². The van der Waals surface area contributed by atoms with Crippen molar-refractivity contribution in [3.8, 4) is 0 Å². The molecule has 1 amide bonds. The van der Waals surface area contributed by atoms with Crippen LogP contribution in [0, 0.1) is 6.92 Å². The fraction of sp³-hybridized carbons (Fsp3) is 0.263. The second-order valence-electron chi connectivity index (χ2n) is 5.99. The van der Waals surface area contributed by atoms with Crippen LogP contribution in [0.5, 0.6) is 0 Å². The lowest BCUT2D eigenvalue weighted by Crippen LogP contribution is -2.16. The minimum Gasteiger partial charge on any atom is -0.468 e. The lowest BCUT2D eigenvalue weighted by atomic mass is 10.2. The lowest BCUT2D eigenvalue weighted by Gasteiger charge is -2.13. The summed E-state index contributed by atoms with van der Waals surface area (Å²) in [6.45, 7) is 1.66. The molecule has 0 bridgehead atoms. The summed E-state index contributed by atoms with van der Waals surface area (Å²) in [7, 11) is -2.59. The van der Waals surface area contributed by atoms with Gasteiger partial charge < -0.3 is 10.1 Å². The number of nitrogens with one attached hydrogen (secondary N) is 2. The molecule has 0 aliphatic rings. The molecule has 0 saturated carbocycles. The first-order valence-corrected chi connectivity index (χ1v) is 11.6. The third-order valence-corrected chi connectivity index (χ3v) is 6.57. The third kappa shape index (κ3) is 6.95. The van der Waals surface area contributed by atoms with Crippen LogP contribution in [0.25, 0.3) is 0 Å². The van der Waals surface area contributed by atoms with Crippen LogP contribution < -0.4 is 10.0 Å². The van der Waals surface area contributed by atoms with Gasteiger partial charge in [-0.25, -0.2) is 8.42 Å². The average Bonchev–Trinajstić information content (AvgIpc) is 2.68. The molecule has 2 aromatic rings. The minimum atomic E-state index is -3.90. The second kappa shape index (κ2) is 10.5. The molecular weight excluding hydrogens is 436 g/mol. The molecule has 2 aromatic carbocycles. The zero-order chi connectivity index (χ0) is 21.4. The number of para-hydroxylation sites is 1. The number of benzene rings is 2. The Balaban J connectivity index is 2.06. The van der Waals surface area contributed by atoms with E-state index in [0.717, 1.165) is 0 Å². The maximum absolute atomic E-state index is 12.8. The van der Waals surface area contributed by atoms with Gasteiger partial charge in [0.1, 0.15) is 0 Å². The van der Waals surface area contributed by atoms with E-state index in [1.165, 1.54) is 24.9 Å². The van der Waals surface area contributed by atoms with Gasteiger partial charge in [-0.3, -0.25) is 14.3 Å². The standard InChI is InChI=1S/C19H21ClN2O5S2/c1-13-7-8-14(21-18(23)9-10-28-12-19(24)27-2)11-17(13)29(25,26)22-16-6-4-3-5-15(16)20/h3-8,11,22H,9-10,12H2,1-2H3,(H,21,23). The molecule has 0 aliphatic heterocycles. The third-order valence-electron chi connectivity index (χ3n) is 3.80. The predicted octanol–water partition coefficient (Wildman–Crippen LogP) is 3.68. The first kappa shape index (κ1) is 23.1. The highest BCUT2D eigenvalue weighted by Gasteiger charge is 2.19. The smallest absolute Gasteiger partial charge is 0.315 e. The van der Waals surface area contributed by atoms with Crippen molar-refractivity contribution in [1.82, 2.24) is 0 Å². The van der Waals surface area contributed by atoms with E-state index in [9.17, 15) is 18.0 Å². The number of carbonyl (C=O) groups excluding carboxylic acids is 2. The van der Waals surface area contributed by atoms with E-state index >= 15 is 0 Å². The number of ether oxygens (including phenoxy) is 1. The molecule has 0 spiro atoms. The molecule has 29 heavy (non-hydrogen) atoms. The molecule has 0 unspecified atom stereocenters. The Morgan fingerprint density at radius 3 is 2.59 bits per heavy atom. The molecule has 0 saturated heterocycles. The molecule has 0 aromatic heterocycles. The molecule has 0 fully saturated rings. The number of sulfonamides is 1. The van der Waals surface area contributed by atoms with Gasteiger partial charge in [-0.2, -0.15) is 0 Å². The maximum atomic E-state index is 12.8. The summed E-state index contributed by atoms with van der Waals surface area (Å²) in [6, 6.07) is 11.2. The van der Waals surface area contributed by atoms with Gasteiger partial charge in [-0.15, -0.1) is 11.8 Å². The Labute approximate surface area is 179 Å². The first-order chi connectivity index (χ1) is 13.7. The Morgan fingerprint density at radius 1 is 1.17 bits per heavy atom. The molecule has 2 rings (SSSR count). The van der Waals surface area contributed by atoms with Crippen molar-refractivity contribution >= 4 is 56.6 Å². The van der Waals surface area contributed by atoms with Crippen molar-refractivity contribution in [2.24, 2.45) is 0 Å². The van der Waals surface area contributed by atoms with Crippen molar-refractivity contribution in [3.63, 3.8) is 0 Å². The van der Waals surface area contributed by atoms with Gasteiger partial charge >= 0.3 is 5.97 Å². The van der Waals surface area contributed by atoms with E-state index in [0.29, 0.717) is 17.0 Å². The van der Waals surface area contributed by atoms with E-state index < -0.39 is 10.0 Å². The molecule has 10 heteroatoms. The number of aryl methyl sites for hydroxylation is 1. The Hall–Kier alpha value is -2.23. The van der Waals surface area contributed by atoms with Crippen LogP contribution in [0.4, 0.5) is 11.4 Å². The van der Waals surface area contributed by atoms with E-state index in [-0.39, 0.29) is 39.7 Å². The van der Waals surface area contributed by atoms with Crippen molar-refractivity contribution in [3.05, 3.63) is 53.1 Å². The van der Waals surface area contributed by atoms with E-state index in [1.807, 2.05) is 0 Å². The van der Waals surface area contributed by atoms with Gasteiger partial charge in [0, 0.05) is 17.9 Å². The Kier molecular flexibility index (Phi) is 8.36. The van der Waals surface area contributed by atoms with E-state index in [4.69, 9.17) is 11.6 Å². The number of halogens is 1. The number of carbonyl (C=O) groups is 2. The van der Waals surface area contributed by atoms with Crippen molar-refractivity contribution in [2.45, 2.75) is 18.2 Å². The van der Waals surface area contributed by atoms with E-state index in [2.05, 4.69) is 14.8 Å². The molecule has 2 N–H and O–H groups in total. The number of hydrogen-bond acceptors (Lipinski definition) is 6.